The molecule has 1 heterocycles. The lowest BCUT2D eigenvalue weighted by Gasteiger charge is -2.19. The van der Waals surface area contributed by atoms with Crippen LogP contribution in [-0.4, -0.2) is 18.9 Å². The Bertz CT molecular complexity index is 397. The predicted molar refractivity (Wildman–Crippen MR) is 67.3 cm³/mol. The zero-order chi connectivity index (χ0) is 11.5. The van der Waals surface area contributed by atoms with Crippen LogP contribution in [0.1, 0.15) is 25.3 Å². The highest BCUT2D eigenvalue weighted by Gasteiger charge is 2.15. The molecule has 0 aliphatic carbocycles. The molecule has 86 valence electrons. The first kappa shape index (κ1) is 11.5. The third-order valence-corrected chi connectivity index (χ3v) is 3.21. The molecule has 0 radical (unpaired) electrons. The Balaban J connectivity index is 2.18. The zero-order valence-corrected chi connectivity index (χ0v) is 10.3. The van der Waals surface area contributed by atoms with Gasteiger partial charge in [0, 0.05) is 19.5 Å². The second-order valence-electron chi connectivity index (χ2n) is 4.36. The number of benzene rings is 1. The summed E-state index contributed by atoms with van der Waals surface area (Å²) in [5, 5.41) is 0.764. The second-order valence-corrected chi connectivity index (χ2v) is 4.77. The van der Waals surface area contributed by atoms with E-state index in [4.69, 9.17) is 11.6 Å². The van der Waals surface area contributed by atoms with Crippen molar-refractivity contribution in [3.63, 3.8) is 0 Å². The van der Waals surface area contributed by atoms with E-state index in [1.54, 1.807) is 6.92 Å². The van der Waals surface area contributed by atoms with Crippen molar-refractivity contribution in [1.82, 2.24) is 0 Å². The number of anilines is 1. The van der Waals surface area contributed by atoms with Crippen molar-refractivity contribution in [1.29, 1.82) is 0 Å². The molecule has 1 aromatic rings. The van der Waals surface area contributed by atoms with E-state index < -0.39 is 0 Å². The van der Waals surface area contributed by atoms with Crippen LogP contribution in [0, 0.1) is 0 Å². The zero-order valence-electron chi connectivity index (χ0n) is 9.50. The molecule has 2 nitrogen and oxygen atoms in total. The van der Waals surface area contributed by atoms with Crippen LogP contribution in [0.2, 0.25) is 5.02 Å². The molecule has 2 rings (SSSR count). The maximum Gasteiger partial charge on any atom is 0.134 e. The van der Waals surface area contributed by atoms with Crippen molar-refractivity contribution >= 4 is 23.1 Å². The van der Waals surface area contributed by atoms with Gasteiger partial charge in [-0.2, -0.15) is 0 Å². The molecule has 0 bridgehead atoms. The van der Waals surface area contributed by atoms with Gasteiger partial charge in [-0.3, -0.25) is 4.79 Å². The molecule has 1 aromatic carbocycles. The molecule has 1 aliphatic rings. The maximum atomic E-state index is 11.0. The van der Waals surface area contributed by atoms with Crippen LogP contribution < -0.4 is 4.90 Å². The molecule has 0 N–H and O–H groups in total. The van der Waals surface area contributed by atoms with Crippen molar-refractivity contribution in [3.8, 4) is 0 Å². The van der Waals surface area contributed by atoms with Crippen molar-refractivity contribution in [2.45, 2.75) is 26.2 Å². The van der Waals surface area contributed by atoms with Crippen molar-refractivity contribution in [2.75, 3.05) is 18.0 Å². The van der Waals surface area contributed by atoms with E-state index in [1.807, 2.05) is 18.2 Å². The van der Waals surface area contributed by atoms with E-state index in [9.17, 15) is 4.79 Å². The Morgan fingerprint density at radius 2 is 2.06 bits per heavy atom. The quantitative estimate of drug-likeness (QED) is 0.805. The van der Waals surface area contributed by atoms with Gasteiger partial charge in [0.1, 0.15) is 5.78 Å². The van der Waals surface area contributed by atoms with E-state index in [2.05, 4.69) is 4.90 Å². The van der Waals surface area contributed by atoms with Gasteiger partial charge in [0.05, 0.1) is 10.7 Å². The summed E-state index contributed by atoms with van der Waals surface area (Å²) in [5.41, 5.74) is 2.10. The van der Waals surface area contributed by atoms with Gasteiger partial charge in [0.15, 0.2) is 0 Å². The van der Waals surface area contributed by atoms with Gasteiger partial charge in [-0.25, -0.2) is 0 Å². The van der Waals surface area contributed by atoms with Crippen LogP contribution in [0.5, 0.6) is 0 Å². The molecule has 16 heavy (non-hydrogen) atoms. The van der Waals surface area contributed by atoms with Crippen LogP contribution in [-0.2, 0) is 11.2 Å². The highest BCUT2D eigenvalue weighted by Crippen LogP contribution is 2.29. The fraction of sp³-hybridized carbons (Fsp3) is 0.462. The third kappa shape index (κ3) is 2.56. The van der Waals surface area contributed by atoms with E-state index in [0.717, 1.165) is 29.4 Å². The molecule has 1 fully saturated rings. The minimum atomic E-state index is 0.171. The van der Waals surface area contributed by atoms with Gasteiger partial charge in [-0.15, -0.1) is 0 Å². The van der Waals surface area contributed by atoms with E-state index in [1.165, 1.54) is 12.8 Å². The number of hydrogen-bond acceptors (Lipinski definition) is 2. The van der Waals surface area contributed by atoms with Crippen LogP contribution >= 0.6 is 11.6 Å². The Kier molecular flexibility index (Phi) is 3.49. The number of nitrogens with zero attached hydrogens (tertiary/aromatic N) is 1. The molecular weight excluding hydrogens is 222 g/mol. The Morgan fingerprint density at radius 1 is 1.38 bits per heavy atom. The molecule has 1 aliphatic heterocycles. The lowest BCUT2D eigenvalue weighted by molar-refractivity contribution is -0.116. The van der Waals surface area contributed by atoms with E-state index >= 15 is 0 Å². The van der Waals surface area contributed by atoms with Gasteiger partial charge < -0.3 is 4.90 Å². The highest BCUT2D eigenvalue weighted by atomic mass is 35.5. The monoisotopic (exact) mass is 237 g/mol. The van der Waals surface area contributed by atoms with Gasteiger partial charge in [0.25, 0.3) is 0 Å². The smallest absolute Gasteiger partial charge is 0.134 e. The number of carbonyl (C=O) groups is 1. The highest BCUT2D eigenvalue weighted by molar-refractivity contribution is 6.33. The van der Waals surface area contributed by atoms with E-state index in [0.29, 0.717) is 6.42 Å². The summed E-state index contributed by atoms with van der Waals surface area (Å²) >= 11 is 6.24. The summed E-state index contributed by atoms with van der Waals surface area (Å²) in [7, 11) is 0. The third-order valence-electron chi connectivity index (χ3n) is 2.91. The fourth-order valence-electron chi connectivity index (χ4n) is 2.16. The Morgan fingerprint density at radius 3 is 2.62 bits per heavy atom. The number of rotatable bonds is 3. The van der Waals surface area contributed by atoms with Crippen LogP contribution in [0.15, 0.2) is 18.2 Å². The minimum absolute atomic E-state index is 0.171. The standard InChI is InChI=1S/C13H16ClNO/c1-10(16)8-11-4-5-13(12(14)9-11)15-6-2-3-7-15/h4-5,9H,2-3,6-8H2,1H3. The Hall–Kier alpha value is -1.02. The normalized spacial score (nSPS) is 15.5. The summed E-state index contributed by atoms with van der Waals surface area (Å²) in [6.07, 6.45) is 2.96. The largest absolute Gasteiger partial charge is 0.370 e. The molecule has 0 saturated carbocycles. The predicted octanol–water partition coefficient (Wildman–Crippen LogP) is 3.07. The second kappa shape index (κ2) is 4.88. The molecule has 1 saturated heterocycles. The topological polar surface area (TPSA) is 20.3 Å². The Labute approximate surface area is 101 Å². The molecule has 3 heteroatoms. The SMILES string of the molecule is CC(=O)Cc1ccc(N2CCCC2)c(Cl)c1. The van der Waals surface area contributed by atoms with E-state index in [-0.39, 0.29) is 5.78 Å². The summed E-state index contributed by atoms with van der Waals surface area (Å²) in [4.78, 5) is 13.3. The summed E-state index contributed by atoms with van der Waals surface area (Å²) in [6.45, 7) is 3.78. The fourth-order valence-corrected chi connectivity index (χ4v) is 2.48. The van der Waals surface area contributed by atoms with Crippen LogP contribution in [0.3, 0.4) is 0 Å². The maximum absolute atomic E-state index is 11.0. The first-order valence-corrected chi connectivity index (χ1v) is 6.07. The minimum Gasteiger partial charge on any atom is -0.370 e. The van der Waals surface area contributed by atoms with Gasteiger partial charge >= 0.3 is 0 Å². The van der Waals surface area contributed by atoms with Crippen LogP contribution in [0.25, 0.3) is 0 Å². The van der Waals surface area contributed by atoms with Gasteiger partial charge in [-0.05, 0) is 37.5 Å². The molecule has 0 aromatic heterocycles. The number of halogens is 1. The molecule has 0 unspecified atom stereocenters. The first-order chi connectivity index (χ1) is 7.66. The molecule has 0 spiro atoms. The number of Topliss-reactive ketones (excluding diaryl/α,β-unsaturated/α-hetero) is 1. The number of hydrogen-bond donors (Lipinski definition) is 0. The van der Waals surface area contributed by atoms with Crippen molar-refractivity contribution in [3.05, 3.63) is 28.8 Å². The molecular formula is C13H16ClNO. The number of carbonyl (C=O) groups excluding carboxylic acids is 1. The van der Waals surface area contributed by atoms with Crippen molar-refractivity contribution in [2.24, 2.45) is 0 Å². The van der Waals surface area contributed by atoms with Gasteiger partial charge in [0.2, 0.25) is 0 Å². The summed E-state index contributed by atoms with van der Waals surface area (Å²) in [6, 6.07) is 5.95. The lowest BCUT2D eigenvalue weighted by atomic mass is 10.1. The van der Waals surface area contributed by atoms with Gasteiger partial charge in [-0.1, -0.05) is 17.7 Å². The van der Waals surface area contributed by atoms with Crippen LogP contribution in [0.4, 0.5) is 5.69 Å². The summed E-state index contributed by atoms with van der Waals surface area (Å²) < 4.78 is 0. The lowest BCUT2D eigenvalue weighted by Crippen LogP contribution is -2.18. The van der Waals surface area contributed by atoms with Crippen molar-refractivity contribution < 1.29 is 4.79 Å². The molecule has 0 atom stereocenters. The average Bonchev–Trinajstić information content (AvgIpc) is 2.69. The molecule has 0 amide bonds. The average molecular weight is 238 g/mol. The summed E-state index contributed by atoms with van der Waals surface area (Å²) in [5.74, 6) is 0.171. The first-order valence-electron chi connectivity index (χ1n) is 5.69. The number of ketones is 1.